The second-order valence-corrected chi connectivity index (χ2v) is 8.59. The lowest BCUT2D eigenvalue weighted by molar-refractivity contribution is 0.581. The lowest BCUT2D eigenvalue weighted by Gasteiger charge is -2.17. The largest absolute Gasteiger partial charge is 0.361 e. The Balaban J connectivity index is 1.92. The molecular weight excluding hydrogens is 336 g/mol. The van der Waals surface area contributed by atoms with Crippen LogP contribution in [0.3, 0.4) is 0 Å². The van der Waals surface area contributed by atoms with E-state index >= 15 is 0 Å². The van der Waals surface area contributed by atoms with Crippen LogP contribution in [-0.2, 0) is 16.3 Å². The molecule has 25 heavy (non-hydrogen) atoms. The number of fused-ring (bicyclic) bond motifs is 1. The molecule has 0 amide bonds. The average Bonchev–Trinajstić information content (AvgIpc) is 2.96. The molecule has 0 aliphatic heterocycles. The Morgan fingerprint density at radius 1 is 1.32 bits per heavy atom. The molecule has 0 saturated heterocycles. The number of guanidine groups is 1. The van der Waals surface area contributed by atoms with Gasteiger partial charge in [0.15, 0.2) is 5.96 Å². The van der Waals surface area contributed by atoms with Crippen molar-refractivity contribution in [2.75, 3.05) is 25.1 Å². The van der Waals surface area contributed by atoms with Gasteiger partial charge in [0.2, 0.25) is 0 Å². The zero-order valence-electron chi connectivity index (χ0n) is 15.2. The van der Waals surface area contributed by atoms with Crippen molar-refractivity contribution in [3.63, 3.8) is 0 Å². The quantitative estimate of drug-likeness (QED) is 0.494. The maximum Gasteiger partial charge on any atom is 0.191 e. The average molecular weight is 365 g/mol. The van der Waals surface area contributed by atoms with Crippen LogP contribution in [0.4, 0.5) is 0 Å². The van der Waals surface area contributed by atoms with Crippen LogP contribution in [0.15, 0.2) is 35.5 Å². The van der Waals surface area contributed by atoms with Gasteiger partial charge in [-0.25, -0.2) is 8.42 Å². The summed E-state index contributed by atoms with van der Waals surface area (Å²) in [6.45, 7) is 5.41. The van der Waals surface area contributed by atoms with Gasteiger partial charge in [0.1, 0.15) is 9.84 Å². The van der Waals surface area contributed by atoms with Gasteiger partial charge in [-0.3, -0.25) is 4.99 Å². The Morgan fingerprint density at radius 2 is 2.08 bits per heavy atom. The Hall–Kier alpha value is -2.02. The van der Waals surface area contributed by atoms with Gasteiger partial charge in [-0.15, -0.1) is 0 Å². The van der Waals surface area contributed by atoms with Crippen LogP contribution in [-0.4, -0.2) is 50.5 Å². The minimum Gasteiger partial charge on any atom is -0.361 e. The number of aliphatic imine (C=N–C) groups is 1. The van der Waals surface area contributed by atoms with Crippen molar-refractivity contribution in [3.8, 4) is 0 Å². The molecule has 138 valence electrons. The molecule has 1 atom stereocenters. The van der Waals surface area contributed by atoms with Gasteiger partial charge < -0.3 is 15.6 Å². The fraction of sp³-hybridized carbons (Fsp3) is 0.500. The first-order valence-corrected chi connectivity index (χ1v) is 10.7. The summed E-state index contributed by atoms with van der Waals surface area (Å²) >= 11 is 0. The second kappa shape index (κ2) is 8.89. The first-order valence-electron chi connectivity index (χ1n) is 8.66. The third kappa shape index (κ3) is 6.42. The topological polar surface area (TPSA) is 86.3 Å². The smallest absolute Gasteiger partial charge is 0.191 e. The molecule has 0 spiro atoms. The number of nitrogens with zero attached hydrogens (tertiary/aromatic N) is 1. The zero-order valence-corrected chi connectivity index (χ0v) is 16.0. The van der Waals surface area contributed by atoms with E-state index in [4.69, 9.17) is 0 Å². The van der Waals surface area contributed by atoms with Gasteiger partial charge in [0.25, 0.3) is 0 Å². The molecule has 0 fully saturated rings. The van der Waals surface area contributed by atoms with Crippen molar-refractivity contribution in [1.82, 2.24) is 15.6 Å². The summed E-state index contributed by atoms with van der Waals surface area (Å²) in [6.07, 6.45) is 4.71. The molecule has 0 radical (unpaired) electrons. The summed E-state index contributed by atoms with van der Waals surface area (Å²) in [5.74, 6) is 0.902. The fourth-order valence-corrected chi connectivity index (χ4v) is 3.42. The molecule has 6 nitrogen and oxygen atoms in total. The van der Waals surface area contributed by atoms with Crippen LogP contribution < -0.4 is 10.6 Å². The summed E-state index contributed by atoms with van der Waals surface area (Å²) in [5, 5.41) is 7.72. The van der Waals surface area contributed by atoms with E-state index in [1.165, 1.54) is 17.2 Å². The number of aromatic amines is 1. The summed E-state index contributed by atoms with van der Waals surface area (Å²) in [4.78, 5) is 7.89. The van der Waals surface area contributed by atoms with Crippen LogP contribution in [0.5, 0.6) is 0 Å². The summed E-state index contributed by atoms with van der Waals surface area (Å²) in [7, 11) is -2.94. The van der Waals surface area contributed by atoms with E-state index in [-0.39, 0.29) is 11.8 Å². The SMILES string of the molecule is CCNC(=NCCc1c[nH]c2ccccc12)NC(C)CCS(C)(=O)=O. The van der Waals surface area contributed by atoms with Gasteiger partial charge in [0, 0.05) is 42.5 Å². The molecule has 0 aliphatic rings. The lowest BCUT2D eigenvalue weighted by Crippen LogP contribution is -2.43. The molecule has 1 aromatic heterocycles. The third-order valence-electron chi connectivity index (χ3n) is 3.97. The number of aromatic nitrogens is 1. The molecule has 1 unspecified atom stereocenters. The molecule has 0 aliphatic carbocycles. The van der Waals surface area contributed by atoms with Crippen molar-refractivity contribution < 1.29 is 8.42 Å². The highest BCUT2D eigenvalue weighted by Gasteiger charge is 2.09. The third-order valence-corrected chi connectivity index (χ3v) is 4.95. The predicted octanol–water partition coefficient (Wildman–Crippen LogP) is 2.09. The maximum atomic E-state index is 11.3. The van der Waals surface area contributed by atoms with E-state index in [9.17, 15) is 8.42 Å². The van der Waals surface area contributed by atoms with Crippen molar-refractivity contribution in [1.29, 1.82) is 0 Å². The number of rotatable bonds is 8. The van der Waals surface area contributed by atoms with Crippen LogP contribution in [0.1, 0.15) is 25.8 Å². The number of benzene rings is 1. The Morgan fingerprint density at radius 3 is 2.80 bits per heavy atom. The molecule has 0 saturated carbocycles. The van der Waals surface area contributed by atoms with Crippen LogP contribution in [0.25, 0.3) is 10.9 Å². The number of sulfone groups is 1. The van der Waals surface area contributed by atoms with E-state index in [1.807, 2.05) is 32.2 Å². The molecule has 1 aromatic carbocycles. The molecule has 2 aromatic rings. The van der Waals surface area contributed by atoms with Crippen LogP contribution >= 0.6 is 0 Å². The van der Waals surface area contributed by atoms with E-state index in [1.54, 1.807) is 0 Å². The highest BCUT2D eigenvalue weighted by Crippen LogP contribution is 2.17. The van der Waals surface area contributed by atoms with Crippen molar-refractivity contribution in [2.24, 2.45) is 4.99 Å². The van der Waals surface area contributed by atoms with Gasteiger partial charge in [-0.2, -0.15) is 0 Å². The first-order chi connectivity index (χ1) is 11.9. The lowest BCUT2D eigenvalue weighted by atomic mass is 10.1. The summed E-state index contributed by atoms with van der Waals surface area (Å²) < 4.78 is 22.6. The normalized spacial score (nSPS) is 13.8. The number of hydrogen-bond donors (Lipinski definition) is 3. The second-order valence-electron chi connectivity index (χ2n) is 6.33. The number of H-pyrrole nitrogens is 1. The van der Waals surface area contributed by atoms with E-state index < -0.39 is 9.84 Å². The number of nitrogens with one attached hydrogen (secondary N) is 3. The van der Waals surface area contributed by atoms with Gasteiger partial charge >= 0.3 is 0 Å². The molecule has 7 heteroatoms. The molecule has 2 rings (SSSR count). The monoisotopic (exact) mass is 364 g/mol. The highest BCUT2D eigenvalue weighted by molar-refractivity contribution is 7.90. The minimum atomic E-state index is -2.94. The molecular formula is C18H28N4O2S. The highest BCUT2D eigenvalue weighted by atomic mass is 32.2. The minimum absolute atomic E-state index is 0.0422. The van der Waals surface area contributed by atoms with Gasteiger partial charge in [0.05, 0.1) is 5.75 Å². The fourth-order valence-electron chi connectivity index (χ4n) is 2.64. The maximum absolute atomic E-state index is 11.3. The molecule has 3 N–H and O–H groups in total. The predicted molar refractivity (Wildman–Crippen MR) is 105 cm³/mol. The Kier molecular flexibility index (Phi) is 6.87. The Bertz CT molecular complexity index is 811. The zero-order chi connectivity index (χ0) is 18.3. The number of hydrogen-bond acceptors (Lipinski definition) is 3. The van der Waals surface area contributed by atoms with E-state index in [0.717, 1.165) is 24.4 Å². The van der Waals surface area contributed by atoms with Crippen molar-refractivity contribution in [2.45, 2.75) is 32.7 Å². The summed E-state index contributed by atoms with van der Waals surface area (Å²) in [5.41, 5.74) is 2.39. The molecule has 0 bridgehead atoms. The number of para-hydroxylation sites is 1. The Labute approximate surface area is 150 Å². The van der Waals surface area contributed by atoms with Gasteiger partial charge in [-0.05, 0) is 38.3 Å². The first kappa shape index (κ1) is 19.3. The van der Waals surface area contributed by atoms with E-state index in [0.29, 0.717) is 13.0 Å². The van der Waals surface area contributed by atoms with Crippen molar-refractivity contribution in [3.05, 3.63) is 36.0 Å². The standard InChI is InChI=1S/C18H28N4O2S/c1-4-19-18(22-14(2)10-12-25(3,23)24)20-11-9-15-13-21-17-8-6-5-7-16(15)17/h5-8,13-14,21H,4,9-12H2,1-3H3,(H2,19,20,22). The van der Waals surface area contributed by atoms with Crippen LogP contribution in [0, 0.1) is 0 Å². The van der Waals surface area contributed by atoms with Crippen molar-refractivity contribution >= 4 is 26.7 Å². The summed E-state index contributed by atoms with van der Waals surface area (Å²) in [6, 6.07) is 8.28. The van der Waals surface area contributed by atoms with E-state index in [2.05, 4.69) is 32.7 Å². The van der Waals surface area contributed by atoms with Gasteiger partial charge in [-0.1, -0.05) is 18.2 Å². The van der Waals surface area contributed by atoms with Crippen LogP contribution in [0.2, 0.25) is 0 Å². The molecule has 1 heterocycles.